The van der Waals surface area contributed by atoms with Crippen molar-refractivity contribution in [3.63, 3.8) is 0 Å². The van der Waals surface area contributed by atoms with Crippen LogP contribution in [0.5, 0.6) is 0 Å². The number of nitrogens with zero attached hydrogens (tertiary/aromatic N) is 3. The molecule has 26 heavy (non-hydrogen) atoms. The molecule has 1 aromatic heterocycles. The molecular formula is C20H14FN3O2. The van der Waals surface area contributed by atoms with Crippen molar-refractivity contribution in [2.75, 3.05) is 0 Å². The fraction of sp³-hybridized carbons (Fsp3) is 0.0500. The van der Waals surface area contributed by atoms with Gasteiger partial charge in [0.05, 0.1) is 18.3 Å². The van der Waals surface area contributed by atoms with Gasteiger partial charge < -0.3 is 4.74 Å². The van der Waals surface area contributed by atoms with E-state index in [-0.39, 0.29) is 17.2 Å². The topological polar surface area (TPSA) is 56.5 Å². The zero-order valence-corrected chi connectivity index (χ0v) is 13.7. The number of rotatable bonds is 4. The van der Waals surface area contributed by atoms with Crippen LogP contribution in [0, 0.1) is 5.82 Å². The number of esters is 1. The van der Waals surface area contributed by atoms with Crippen molar-refractivity contribution in [2.24, 2.45) is 4.99 Å². The molecule has 3 aromatic rings. The van der Waals surface area contributed by atoms with Gasteiger partial charge in [0.1, 0.15) is 5.82 Å². The van der Waals surface area contributed by atoms with Crippen molar-refractivity contribution in [1.29, 1.82) is 0 Å². The predicted molar refractivity (Wildman–Crippen MR) is 94.8 cm³/mol. The van der Waals surface area contributed by atoms with E-state index in [0.29, 0.717) is 12.1 Å². The molecule has 0 atom stereocenters. The molecule has 0 amide bonds. The van der Waals surface area contributed by atoms with Crippen molar-refractivity contribution in [3.05, 3.63) is 95.2 Å². The number of carbonyl (C=O) groups is 1. The number of ether oxygens (including phenoxy) is 1. The van der Waals surface area contributed by atoms with Gasteiger partial charge in [0.2, 0.25) is 5.90 Å². The highest BCUT2D eigenvalue weighted by Gasteiger charge is 2.25. The molecule has 5 nitrogen and oxygen atoms in total. The molecule has 0 unspecified atom stereocenters. The predicted octanol–water partition coefficient (Wildman–Crippen LogP) is 3.42. The van der Waals surface area contributed by atoms with Crippen LogP contribution >= 0.6 is 0 Å². The zero-order chi connectivity index (χ0) is 17.9. The van der Waals surface area contributed by atoms with Crippen LogP contribution in [-0.2, 0) is 16.1 Å². The summed E-state index contributed by atoms with van der Waals surface area (Å²) in [6.45, 7) is 0.623. The van der Waals surface area contributed by atoms with Gasteiger partial charge in [-0.15, -0.1) is 0 Å². The lowest BCUT2D eigenvalue weighted by Gasteiger charge is -2.00. The van der Waals surface area contributed by atoms with Crippen molar-refractivity contribution >= 4 is 17.9 Å². The first-order chi connectivity index (χ1) is 12.7. The number of benzene rings is 2. The molecule has 0 radical (unpaired) electrons. The van der Waals surface area contributed by atoms with Crippen LogP contribution in [0.3, 0.4) is 0 Å². The molecule has 0 fully saturated rings. The number of aliphatic imine (C=N–C) groups is 1. The summed E-state index contributed by atoms with van der Waals surface area (Å²) in [5.41, 5.74) is 2.10. The molecule has 0 aliphatic carbocycles. The van der Waals surface area contributed by atoms with Crippen LogP contribution < -0.4 is 0 Å². The molecule has 1 aliphatic rings. The van der Waals surface area contributed by atoms with Gasteiger partial charge in [0, 0.05) is 11.8 Å². The van der Waals surface area contributed by atoms with Crippen LogP contribution in [0.4, 0.5) is 4.39 Å². The average Bonchev–Trinajstić information content (AvgIpc) is 3.23. The maximum absolute atomic E-state index is 13.8. The van der Waals surface area contributed by atoms with E-state index in [0.717, 1.165) is 5.56 Å². The van der Waals surface area contributed by atoms with Crippen LogP contribution in [-0.4, -0.2) is 21.6 Å². The number of hydrogen-bond donors (Lipinski definition) is 0. The Morgan fingerprint density at radius 2 is 1.85 bits per heavy atom. The minimum atomic E-state index is -0.612. The van der Waals surface area contributed by atoms with Crippen molar-refractivity contribution in [2.45, 2.75) is 6.54 Å². The maximum atomic E-state index is 13.8. The Kier molecular flexibility index (Phi) is 4.15. The zero-order valence-electron chi connectivity index (χ0n) is 13.7. The molecule has 1 aliphatic heterocycles. The van der Waals surface area contributed by atoms with Crippen LogP contribution in [0.15, 0.2) is 77.7 Å². The maximum Gasteiger partial charge on any atom is 0.363 e. The Morgan fingerprint density at radius 1 is 1.08 bits per heavy atom. The number of halogens is 1. The van der Waals surface area contributed by atoms with E-state index in [2.05, 4.69) is 10.1 Å². The molecule has 2 aromatic carbocycles. The normalized spacial score (nSPS) is 15.2. The van der Waals surface area contributed by atoms with Crippen molar-refractivity contribution < 1.29 is 13.9 Å². The second kappa shape index (κ2) is 6.76. The van der Waals surface area contributed by atoms with Crippen LogP contribution in [0.25, 0.3) is 6.08 Å². The molecule has 0 saturated heterocycles. The first-order valence-corrected chi connectivity index (χ1v) is 8.03. The molecule has 0 bridgehead atoms. The van der Waals surface area contributed by atoms with Crippen molar-refractivity contribution in [1.82, 2.24) is 9.78 Å². The van der Waals surface area contributed by atoms with Gasteiger partial charge in [-0.05, 0) is 23.8 Å². The fourth-order valence-corrected chi connectivity index (χ4v) is 2.63. The average molecular weight is 347 g/mol. The van der Waals surface area contributed by atoms with E-state index in [9.17, 15) is 9.18 Å². The van der Waals surface area contributed by atoms with E-state index in [1.54, 1.807) is 29.1 Å². The molecule has 0 spiro atoms. The molecule has 0 saturated carbocycles. The van der Waals surface area contributed by atoms with E-state index in [1.807, 2.05) is 36.5 Å². The third-order valence-electron chi connectivity index (χ3n) is 3.87. The summed E-state index contributed by atoms with van der Waals surface area (Å²) in [4.78, 5) is 16.1. The highest BCUT2D eigenvalue weighted by molar-refractivity contribution is 6.12. The van der Waals surface area contributed by atoms with Crippen LogP contribution in [0.2, 0.25) is 0 Å². The second-order valence-electron chi connectivity index (χ2n) is 5.77. The summed E-state index contributed by atoms with van der Waals surface area (Å²) in [7, 11) is 0. The third-order valence-corrected chi connectivity index (χ3v) is 3.87. The number of aromatic nitrogens is 2. The lowest BCUT2D eigenvalue weighted by molar-refractivity contribution is -0.129. The Balaban J connectivity index is 1.57. The van der Waals surface area contributed by atoms with Crippen LogP contribution in [0.1, 0.15) is 16.7 Å². The van der Waals surface area contributed by atoms with E-state index in [1.165, 1.54) is 12.1 Å². The molecule has 4 rings (SSSR count). The van der Waals surface area contributed by atoms with Crippen molar-refractivity contribution in [3.8, 4) is 0 Å². The van der Waals surface area contributed by atoms with Gasteiger partial charge in [-0.3, -0.25) is 4.68 Å². The number of hydrogen-bond acceptors (Lipinski definition) is 4. The van der Waals surface area contributed by atoms with Gasteiger partial charge in [0.25, 0.3) is 0 Å². The van der Waals surface area contributed by atoms with Gasteiger partial charge in [0.15, 0.2) is 5.70 Å². The highest BCUT2D eigenvalue weighted by Crippen LogP contribution is 2.20. The summed E-state index contributed by atoms with van der Waals surface area (Å²) in [6.07, 6.45) is 5.02. The largest absolute Gasteiger partial charge is 0.402 e. The number of cyclic esters (lactones) is 1. The lowest BCUT2D eigenvalue weighted by atomic mass is 10.2. The minimum Gasteiger partial charge on any atom is -0.402 e. The molecule has 2 heterocycles. The summed E-state index contributed by atoms with van der Waals surface area (Å²) in [6, 6.07) is 15.9. The Labute approximate surface area is 149 Å². The first kappa shape index (κ1) is 16.0. The Bertz CT molecular complexity index is 1020. The van der Waals surface area contributed by atoms with Gasteiger partial charge in [-0.25, -0.2) is 14.2 Å². The summed E-state index contributed by atoms with van der Waals surface area (Å²) < 4.78 is 20.7. The third kappa shape index (κ3) is 3.30. The molecular weight excluding hydrogens is 333 g/mol. The SMILES string of the molecule is O=C1OC(c2ccccc2F)=N/C1=C\c1cnn(Cc2ccccc2)c1. The van der Waals surface area contributed by atoms with Gasteiger partial charge in [-0.1, -0.05) is 42.5 Å². The molecule has 0 N–H and O–H groups in total. The van der Waals surface area contributed by atoms with E-state index >= 15 is 0 Å². The molecule has 6 heteroatoms. The summed E-state index contributed by atoms with van der Waals surface area (Å²) in [5.74, 6) is -1.13. The molecule has 128 valence electrons. The Hall–Kier alpha value is -3.54. The van der Waals surface area contributed by atoms with Gasteiger partial charge in [-0.2, -0.15) is 5.10 Å². The fourth-order valence-electron chi connectivity index (χ4n) is 2.63. The highest BCUT2D eigenvalue weighted by atomic mass is 19.1. The first-order valence-electron chi connectivity index (χ1n) is 8.03. The lowest BCUT2D eigenvalue weighted by Crippen LogP contribution is -2.07. The standard InChI is InChI=1S/C20H14FN3O2/c21-17-9-5-4-8-16(17)19-23-18(20(25)26-19)10-15-11-22-24(13-15)12-14-6-2-1-3-7-14/h1-11,13H,12H2/b18-10-. The monoisotopic (exact) mass is 347 g/mol. The smallest absolute Gasteiger partial charge is 0.363 e. The quantitative estimate of drug-likeness (QED) is 0.537. The second-order valence-corrected chi connectivity index (χ2v) is 5.77. The summed E-state index contributed by atoms with van der Waals surface area (Å²) >= 11 is 0. The van der Waals surface area contributed by atoms with Gasteiger partial charge >= 0.3 is 5.97 Å². The summed E-state index contributed by atoms with van der Waals surface area (Å²) in [5, 5.41) is 4.28. The van der Waals surface area contributed by atoms with E-state index < -0.39 is 11.8 Å². The van der Waals surface area contributed by atoms with E-state index in [4.69, 9.17) is 4.74 Å². The number of carbonyl (C=O) groups excluding carboxylic acids is 1. The Morgan fingerprint density at radius 3 is 2.65 bits per heavy atom. The minimum absolute atomic E-state index is 0.0315.